The summed E-state index contributed by atoms with van der Waals surface area (Å²) in [6, 6.07) is 6.07. The first-order valence-corrected chi connectivity index (χ1v) is 9.63. The molecule has 1 aromatic rings. The third-order valence-corrected chi connectivity index (χ3v) is 6.10. The fourth-order valence-electron chi connectivity index (χ4n) is 2.60. The third-order valence-electron chi connectivity index (χ3n) is 4.20. The van der Waals surface area contributed by atoms with Crippen molar-refractivity contribution >= 4 is 21.6 Å². The van der Waals surface area contributed by atoms with E-state index in [0.717, 1.165) is 6.42 Å². The molecule has 0 bridgehead atoms. The molecule has 0 radical (unpaired) electrons. The highest BCUT2D eigenvalue weighted by Gasteiger charge is 2.25. The van der Waals surface area contributed by atoms with Crippen LogP contribution in [-0.4, -0.2) is 40.0 Å². The monoisotopic (exact) mass is 338 g/mol. The van der Waals surface area contributed by atoms with Crippen molar-refractivity contribution in [2.75, 3.05) is 30.8 Å². The summed E-state index contributed by atoms with van der Waals surface area (Å²) in [6.07, 6.45) is 3.15. The predicted octanol–water partition coefficient (Wildman–Crippen LogP) is 2.03. The Morgan fingerprint density at radius 3 is 2.48 bits per heavy atom. The van der Waals surface area contributed by atoms with E-state index in [-0.39, 0.29) is 22.6 Å². The molecule has 1 atom stereocenters. The summed E-state index contributed by atoms with van der Waals surface area (Å²) in [4.78, 5) is 12.0. The van der Waals surface area contributed by atoms with Crippen LogP contribution in [0.4, 0.5) is 10.5 Å². The lowest BCUT2D eigenvalue weighted by atomic mass is 10.2. The highest BCUT2D eigenvalue weighted by atomic mass is 32.2. The van der Waals surface area contributed by atoms with Gasteiger partial charge in [0.05, 0.1) is 17.3 Å². The minimum atomic E-state index is -3.31. The first kappa shape index (κ1) is 16.3. The molecule has 1 aliphatic carbocycles. The Morgan fingerprint density at radius 1 is 1.13 bits per heavy atom. The Morgan fingerprint density at radius 2 is 1.87 bits per heavy atom. The number of carbonyl (C=O) groups is 1. The first-order valence-electron chi connectivity index (χ1n) is 7.98. The summed E-state index contributed by atoms with van der Waals surface area (Å²) in [5, 5.41) is 5.52. The molecule has 1 unspecified atom stereocenters. The molecule has 2 N–H and O–H groups in total. The molecule has 23 heavy (non-hydrogen) atoms. The van der Waals surface area contributed by atoms with Gasteiger partial charge in [-0.3, -0.25) is 0 Å². The van der Waals surface area contributed by atoms with Gasteiger partial charge in [-0.2, -0.15) is 0 Å². The van der Waals surface area contributed by atoms with Gasteiger partial charge in [0, 0.05) is 18.8 Å². The summed E-state index contributed by atoms with van der Waals surface area (Å²) in [7, 11) is -3.31. The maximum absolute atomic E-state index is 12.4. The number of hydrogen-bond donors (Lipinski definition) is 2. The average molecular weight is 338 g/mol. The van der Waals surface area contributed by atoms with Gasteiger partial charge in [0.2, 0.25) is 0 Å². The Bertz CT molecular complexity index is 647. The second kappa shape index (κ2) is 6.88. The van der Waals surface area contributed by atoms with E-state index in [4.69, 9.17) is 4.74 Å². The molecular weight excluding hydrogens is 316 g/mol. The number of benzene rings is 1. The van der Waals surface area contributed by atoms with Gasteiger partial charge in [-0.25, -0.2) is 13.2 Å². The van der Waals surface area contributed by atoms with Crippen molar-refractivity contribution in [2.45, 2.75) is 24.2 Å². The van der Waals surface area contributed by atoms with Gasteiger partial charge in [-0.05, 0) is 55.4 Å². The van der Waals surface area contributed by atoms with Crippen LogP contribution in [0.5, 0.6) is 0 Å². The number of amides is 2. The Kier molecular flexibility index (Phi) is 4.87. The molecule has 2 amide bonds. The lowest BCUT2D eigenvalue weighted by molar-refractivity contribution is 0.188. The quantitative estimate of drug-likeness (QED) is 0.831. The van der Waals surface area contributed by atoms with E-state index in [0.29, 0.717) is 31.4 Å². The number of urea groups is 1. The molecule has 1 saturated carbocycles. The van der Waals surface area contributed by atoms with Crippen molar-refractivity contribution in [3.05, 3.63) is 24.3 Å². The maximum atomic E-state index is 12.4. The summed E-state index contributed by atoms with van der Waals surface area (Å²) in [6.45, 7) is 1.85. The number of carbonyl (C=O) groups excluding carboxylic acids is 1. The molecular formula is C16H22N2O4S. The Balaban J connectivity index is 1.55. The van der Waals surface area contributed by atoms with E-state index < -0.39 is 9.84 Å². The molecule has 1 aliphatic heterocycles. The van der Waals surface area contributed by atoms with Gasteiger partial charge in [0.1, 0.15) is 0 Å². The molecule has 1 aromatic carbocycles. The fraction of sp³-hybridized carbons (Fsp3) is 0.562. The second-order valence-corrected chi connectivity index (χ2v) is 8.35. The standard InChI is InChI=1S/C16H22N2O4S/c19-16(17-9-12-1-2-12)18-14-3-5-15(6-4-14)23(20,21)11-13-7-8-22-10-13/h3-6,12-13H,1-2,7-11H2,(H2,17,18,19). The van der Waals surface area contributed by atoms with Gasteiger partial charge < -0.3 is 15.4 Å². The van der Waals surface area contributed by atoms with Crippen molar-refractivity contribution in [3.63, 3.8) is 0 Å². The lowest BCUT2D eigenvalue weighted by Crippen LogP contribution is -2.30. The van der Waals surface area contributed by atoms with Gasteiger partial charge in [0.25, 0.3) is 0 Å². The van der Waals surface area contributed by atoms with Gasteiger partial charge in [-0.15, -0.1) is 0 Å². The Labute approximate surface area is 136 Å². The molecule has 1 saturated heterocycles. The van der Waals surface area contributed by atoms with Gasteiger partial charge >= 0.3 is 6.03 Å². The van der Waals surface area contributed by atoms with E-state index in [1.54, 1.807) is 24.3 Å². The number of anilines is 1. The van der Waals surface area contributed by atoms with Crippen LogP contribution in [0.3, 0.4) is 0 Å². The minimum Gasteiger partial charge on any atom is -0.381 e. The van der Waals surface area contributed by atoms with E-state index >= 15 is 0 Å². The molecule has 1 heterocycles. The molecule has 126 valence electrons. The van der Waals surface area contributed by atoms with E-state index in [9.17, 15) is 13.2 Å². The summed E-state index contributed by atoms with van der Waals surface area (Å²) >= 11 is 0. The van der Waals surface area contributed by atoms with Crippen LogP contribution in [-0.2, 0) is 14.6 Å². The van der Waals surface area contributed by atoms with E-state index in [1.165, 1.54) is 12.8 Å². The van der Waals surface area contributed by atoms with Gasteiger partial charge in [-0.1, -0.05) is 0 Å². The van der Waals surface area contributed by atoms with Crippen molar-refractivity contribution in [2.24, 2.45) is 11.8 Å². The fourth-order valence-corrected chi connectivity index (χ4v) is 4.23. The lowest BCUT2D eigenvalue weighted by Gasteiger charge is -2.10. The van der Waals surface area contributed by atoms with Crippen molar-refractivity contribution in [1.82, 2.24) is 5.32 Å². The SMILES string of the molecule is O=C(NCC1CC1)Nc1ccc(S(=O)(=O)CC2CCOC2)cc1. The van der Waals surface area contributed by atoms with Crippen LogP contribution in [0, 0.1) is 11.8 Å². The van der Waals surface area contributed by atoms with E-state index in [1.807, 2.05) is 0 Å². The van der Waals surface area contributed by atoms with Crippen molar-refractivity contribution in [1.29, 1.82) is 0 Å². The largest absolute Gasteiger partial charge is 0.381 e. The van der Waals surface area contributed by atoms with Crippen LogP contribution in [0.25, 0.3) is 0 Å². The summed E-state index contributed by atoms with van der Waals surface area (Å²) in [5.74, 6) is 0.806. The molecule has 6 nitrogen and oxygen atoms in total. The highest BCUT2D eigenvalue weighted by Crippen LogP contribution is 2.27. The minimum absolute atomic E-state index is 0.0750. The van der Waals surface area contributed by atoms with Crippen LogP contribution < -0.4 is 10.6 Å². The molecule has 2 aliphatic rings. The summed E-state index contributed by atoms with van der Waals surface area (Å²) in [5.41, 5.74) is 0.585. The smallest absolute Gasteiger partial charge is 0.319 e. The maximum Gasteiger partial charge on any atom is 0.319 e. The zero-order chi connectivity index (χ0) is 16.3. The van der Waals surface area contributed by atoms with E-state index in [2.05, 4.69) is 10.6 Å². The molecule has 0 spiro atoms. The number of sulfone groups is 1. The zero-order valence-electron chi connectivity index (χ0n) is 13.0. The molecule has 2 fully saturated rings. The number of ether oxygens (including phenoxy) is 1. The normalized spacial score (nSPS) is 21.1. The predicted molar refractivity (Wildman–Crippen MR) is 87.2 cm³/mol. The average Bonchev–Trinajstić information content (AvgIpc) is 3.22. The van der Waals surface area contributed by atoms with Crippen molar-refractivity contribution < 1.29 is 17.9 Å². The van der Waals surface area contributed by atoms with Crippen LogP contribution in [0.1, 0.15) is 19.3 Å². The second-order valence-electron chi connectivity index (χ2n) is 6.31. The van der Waals surface area contributed by atoms with Crippen LogP contribution >= 0.6 is 0 Å². The Hall–Kier alpha value is -1.60. The highest BCUT2D eigenvalue weighted by molar-refractivity contribution is 7.91. The van der Waals surface area contributed by atoms with Crippen LogP contribution in [0.15, 0.2) is 29.2 Å². The third kappa shape index (κ3) is 4.68. The summed E-state index contributed by atoms with van der Waals surface area (Å²) < 4.78 is 29.9. The number of rotatable bonds is 6. The zero-order valence-corrected chi connectivity index (χ0v) is 13.8. The number of hydrogen-bond acceptors (Lipinski definition) is 4. The molecule has 0 aromatic heterocycles. The molecule has 7 heteroatoms. The topological polar surface area (TPSA) is 84.5 Å². The number of nitrogens with one attached hydrogen (secondary N) is 2. The first-order chi connectivity index (χ1) is 11.0. The van der Waals surface area contributed by atoms with Crippen LogP contribution in [0.2, 0.25) is 0 Å². The van der Waals surface area contributed by atoms with Gasteiger partial charge in [0.15, 0.2) is 9.84 Å². The van der Waals surface area contributed by atoms with Crippen molar-refractivity contribution in [3.8, 4) is 0 Å². The molecule has 3 rings (SSSR count).